The van der Waals surface area contributed by atoms with Crippen molar-refractivity contribution < 1.29 is 18.3 Å². The van der Waals surface area contributed by atoms with Crippen LogP contribution in [0, 0.1) is 0 Å². The van der Waals surface area contributed by atoms with Crippen LogP contribution >= 0.6 is 15.9 Å². The number of methoxy groups -OCH3 is 1. The third kappa shape index (κ3) is 4.17. The largest absolute Gasteiger partial charge is 0.496 e. The molecule has 0 amide bonds. The van der Waals surface area contributed by atoms with E-state index in [4.69, 9.17) is 4.74 Å². The molecule has 0 saturated carbocycles. The maximum absolute atomic E-state index is 12.5. The van der Waals surface area contributed by atoms with Gasteiger partial charge in [0.05, 0.1) is 7.11 Å². The van der Waals surface area contributed by atoms with Crippen LogP contribution in [0.5, 0.6) is 11.5 Å². The topological polar surface area (TPSA) is 18.5 Å². The average Bonchev–Trinajstić information content (AvgIpc) is 2.47. The fourth-order valence-electron chi connectivity index (χ4n) is 2.12. The van der Waals surface area contributed by atoms with Crippen molar-refractivity contribution in [3.05, 3.63) is 59.7 Å². The first-order valence-electron chi connectivity index (χ1n) is 6.41. The smallest absolute Gasteiger partial charge is 0.387 e. The number of alkyl halides is 3. The standard InChI is InChI=1S/C16H15BrF2O2/c1-20-14-8-4-2-6-11(14)10-13(17)12-7-3-5-9-15(12)21-16(18)19/h2-9,13,16H,10H2,1H3. The van der Waals surface area contributed by atoms with Gasteiger partial charge in [0.1, 0.15) is 11.5 Å². The molecule has 0 spiro atoms. The molecule has 1 unspecified atom stereocenters. The Labute approximate surface area is 130 Å². The molecule has 5 heteroatoms. The maximum Gasteiger partial charge on any atom is 0.387 e. The Morgan fingerprint density at radius 2 is 1.62 bits per heavy atom. The van der Waals surface area contributed by atoms with E-state index in [-0.39, 0.29) is 10.6 Å². The molecule has 21 heavy (non-hydrogen) atoms. The van der Waals surface area contributed by atoms with Crippen molar-refractivity contribution in [2.75, 3.05) is 7.11 Å². The summed E-state index contributed by atoms with van der Waals surface area (Å²) in [7, 11) is 1.61. The molecule has 0 aliphatic heterocycles. The Hall–Kier alpha value is -1.62. The molecule has 0 fully saturated rings. The fraction of sp³-hybridized carbons (Fsp3) is 0.250. The molecule has 0 aliphatic carbocycles. The molecule has 0 radical (unpaired) electrons. The number of hydrogen-bond acceptors (Lipinski definition) is 2. The predicted molar refractivity (Wildman–Crippen MR) is 81.4 cm³/mol. The second-order valence-corrected chi connectivity index (χ2v) is 5.51. The summed E-state index contributed by atoms with van der Waals surface area (Å²) in [5.41, 5.74) is 1.68. The summed E-state index contributed by atoms with van der Waals surface area (Å²) in [5.74, 6) is 0.957. The molecule has 0 bridgehead atoms. The van der Waals surface area contributed by atoms with Crippen molar-refractivity contribution in [1.29, 1.82) is 0 Å². The summed E-state index contributed by atoms with van der Waals surface area (Å²) in [6.45, 7) is -2.84. The highest BCUT2D eigenvalue weighted by atomic mass is 79.9. The van der Waals surface area contributed by atoms with Crippen LogP contribution in [0.25, 0.3) is 0 Å². The number of para-hydroxylation sites is 2. The van der Waals surface area contributed by atoms with Crippen LogP contribution in [0.3, 0.4) is 0 Å². The summed E-state index contributed by atoms with van der Waals surface area (Å²) < 4.78 is 34.8. The number of hydrogen-bond donors (Lipinski definition) is 0. The molecule has 2 aromatic carbocycles. The van der Waals surface area contributed by atoms with E-state index < -0.39 is 6.61 Å². The summed E-state index contributed by atoms with van der Waals surface area (Å²) >= 11 is 3.55. The van der Waals surface area contributed by atoms with Crippen LogP contribution in [0.15, 0.2) is 48.5 Å². The minimum absolute atomic E-state index is 0.149. The van der Waals surface area contributed by atoms with Gasteiger partial charge in [0.15, 0.2) is 0 Å². The van der Waals surface area contributed by atoms with Gasteiger partial charge in [-0.25, -0.2) is 0 Å². The lowest BCUT2D eigenvalue weighted by atomic mass is 10.0. The van der Waals surface area contributed by atoms with Gasteiger partial charge in [-0.2, -0.15) is 8.78 Å². The molecule has 0 aromatic heterocycles. The first kappa shape index (κ1) is 15.8. The molecule has 1 atom stereocenters. The molecule has 0 saturated heterocycles. The minimum Gasteiger partial charge on any atom is -0.496 e. The third-order valence-electron chi connectivity index (χ3n) is 3.06. The van der Waals surface area contributed by atoms with Crippen LogP contribution in [0.1, 0.15) is 16.0 Å². The van der Waals surface area contributed by atoms with E-state index in [1.807, 2.05) is 24.3 Å². The summed E-state index contributed by atoms with van der Waals surface area (Å²) in [5, 5.41) is 0. The highest BCUT2D eigenvalue weighted by Crippen LogP contribution is 2.36. The van der Waals surface area contributed by atoms with Gasteiger partial charge in [0, 0.05) is 10.4 Å². The highest BCUT2D eigenvalue weighted by molar-refractivity contribution is 9.09. The van der Waals surface area contributed by atoms with Crippen LogP contribution in [-0.4, -0.2) is 13.7 Å². The van der Waals surface area contributed by atoms with E-state index >= 15 is 0 Å². The highest BCUT2D eigenvalue weighted by Gasteiger charge is 2.17. The van der Waals surface area contributed by atoms with Gasteiger partial charge < -0.3 is 9.47 Å². The van der Waals surface area contributed by atoms with Crippen molar-refractivity contribution in [2.24, 2.45) is 0 Å². The van der Waals surface area contributed by atoms with Crippen molar-refractivity contribution in [1.82, 2.24) is 0 Å². The molecular formula is C16H15BrF2O2. The van der Waals surface area contributed by atoms with Crippen LogP contribution in [0.2, 0.25) is 0 Å². The molecule has 2 aromatic rings. The molecule has 0 heterocycles. The lowest BCUT2D eigenvalue weighted by Gasteiger charge is -2.16. The number of ether oxygens (including phenoxy) is 2. The van der Waals surface area contributed by atoms with Gasteiger partial charge in [-0.05, 0) is 24.1 Å². The second-order valence-electron chi connectivity index (χ2n) is 4.40. The molecule has 0 N–H and O–H groups in total. The first-order valence-corrected chi connectivity index (χ1v) is 7.33. The second kappa shape index (κ2) is 7.41. The summed E-state index contributed by atoms with van der Waals surface area (Å²) in [6.07, 6.45) is 0.605. The van der Waals surface area contributed by atoms with Gasteiger partial charge in [-0.15, -0.1) is 0 Å². The molecule has 0 aliphatic rings. The van der Waals surface area contributed by atoms with Crippen LogP contribution in [0.4, 0.5) is 8.78 Å². The Bertz CT molecular complexity index is 590. The van der Waals surface area contributed by atoms with E-state index in [9.17, 15) is 8.78 Å². The zero-order valence-corrected chi connectivity index (χ0v) is 13.0. The number of halogens is 3. The van der Waals surface area contributed by atoms with Gasteiger partial charge in [-0.1, -0.05) is 52.3 Å². The van der Waals surface area contributed by atoms with E-state index in [0.29, 0.717) is 12.0 Å². The molecule has 2 nitrogen and oxygen atoms in total. The van der Waals surface area contributed by atoms with Gasteiger partial charge >= 0.3 is 6.61 Å². The third-order valence-corrected chi connectivity index (χ3v) is 3.88. The Balaban J connectivity index is 2.22. The van der Waals surface area contributed by atoms with Crippen LogP contribution < -0.4 is 9.47 Å². The van der Waals surface area contributed by atoms with E-state index in [2.05, 4.69) is 20.7 Å². The summed E-state index contributed by atoms with van der Waals surface area (Å²) in [6, 6.07) is 14.4. The normalized spacial score (nSPS) is 12.2. The Morgan fingerprint density at radius 1 is 1.00 bits per heavy atom. The SMILES string of the molecule is COc1ccccc1CC(Br)c1ccccc1OC(F)F. The lowest BCUT2D eigenvalue weighted by molar-refractivity contribution is -0.0504. The monoisotopic (exact) mass is 356 g/mol. The lowest BCUT2D eigenvalue weighted by Crippen LogP contribution is -2.06. The molecule has 2 rings (SSSR count). The average molecular weight is 357 g/mol. The van der Waals surface area contributed by atoms with Crippen molar-refractivity contribution >= 4 is 15.9 Å². The van der Waals surface area contributed by atoms with E-state index in [1.54, 1.807) is 25.3 Å². The first-order chi connectivity index (χ1) is 10.1. The molecular weight excluding hydrogens is 342 g/mol. The Morgan fingerprint density at radius 3 is 2.29 bits per heavy atom. The predicted octanol–water partition coefficient (Wildman–Crippen LogP) is 4.98. The van der Waals surface area contributed by atoms with Gasteiger partial charge in [-0.3, -0.25) is 0 Å². The van der Waals surface area contributed by atoms with E-state index in [0.717, 1.165) is 11.3 Å². The maximum atomic E-state index is 12.5. The number of rotatable bonds is 6. The fourth-order valence-corrected chi connectivity index (χ4v) is 2.84. The molecule has 112 valence electrons. The summed E-state index contributed by atoms with van der Waals surface area (Å²) in [4.78, 5) is -0.149. The zero-order valence-electron chi connectivity index (χ0n) is 11.4. The van der Waals surface area contributed by atoms with Gasteiger partial charge in [0.2, 0.25) is 0 Å². The zero-order chi connectivity index (χ0) is 15.2. The van der Waals surface area contributed by atoms with E-state index in [1.165, 1.54) is 6.07 Å². The van der Waals surface area contributed by atoms with Crippen molar-refractivity contribution in [3.63, 3.8) is 0 Å². The quantitative estimate of drug-likeness (QED) is 0.680. The number of benzene rings is 2. The minimum atomic E-state index is -2.84. The van der Waals surface area contributed by atoms with Crippen molar-refractivity contribution in [3.8, 4) is 11.5 Å². The van der Waals surface area contributed by atoms with Crippen molar-refractivity contribution in [2.45, 2.75) is 17.9 Å². The van der Waals surface area contributed by atoms with Gasteiger partial charge in [0.25, 0.3) is 0 Å². The Kier molecular flexibility index (Phi) is 5.56. The van der Waals surface area contributed by atoms with Crippen LogP contribution in [-0.2, 0) is 6.42 Å².